The van der Waals surface area contributed by atoms with Crippen molar-refractivity contribution in [2.45, 2.75) is 64.6 Å². The zero-order valence-electron chi connectivity index (χ0n) is 26.5. The van der Waals surface area contributed by atoms with Crippen molar-refractivity contribution in [3.05, 3.63) is 131 Å². The average Bonchev–Trinajstić information content (AvgIpc) is 3.08. The van der Waals surface area contributed by atoms with Gasteiger partial charge in [0.05, 0.1) is 24.9 Å². The molecule has 0 saturated carbocycles. The van der Waals surface area contributed by atoms with Crippen LogP contribution in [0, 0.1) is 5.92 Å². The standard InChI is InChI=1S/C38H44N2O5/c1-25-35(23-40(4)26(2)36(43)30-10-6-5-7-11-30)44-38(45-37(25)31-16-14-28(24-41)15-17-31)32-20-18-29(19-21-32)34-13-9-8-12-33(34)22-39-27(3)42/h5-21,25-26,35-38,41,43H,22-24H2,1-4H3,(H,39,42). The molecule has 4 aromatic carbocycles. The van der Waals surface area contributed by atoms with E-state index in [1.807, 2.05) is 98.9 Å². The minimum absolute atomic E-state index is 0.0115. The zero-order chi connectivity index (χ0) is 31.9. The van der Waals surface area contributed by atoms with Crippen LogP contribution in [0.5, 0.6) is 0 Å². The second kappa shape index (κ2) is 15.0. The first-order valence-electron chi connectivity index (χ1n) is 15.6. The van der Waals surface area contributed by atoms with Gasteiger partial charge in [0.2, 0.25) is 5.91 Å². The van der Waals surface area contributed by atoms with Crippen LogP contribution in [0.1, 0.15) is 67.1 Å². The van der Waals surface area contributed by atoms with Gasteiger partial charge in [0, 0.05) is 37.5 Å². The van der Waals surface area contributed by atoms with Gasteiger partial charge in [0.1, 0.15) is 0 Å². The van der Waals surface area contributed by atoms with Crippen molar-refractivity contribution < 1.29 is 24.5 Å². The smallest absolute Gasteiger partial charge is 0.217 e. The lowest BCUT2D eigenvalue weighted by Crippen LogP contribution is -2.46. The van der Waals surface area contributed by atoms with Crippen LogP contribution in [0.25, 0.3) is 11.1 Å². The van der Waals surface area contributed by atoms with Crippen LogP contribution < -0.4 is 5.32 Å². The highest BCUT2D eigenvalue weighted by Crippen LogP contribution is 2.42. The third-order valence-corrected chi connectivity index (χ3v) is 8.92. The van der Waals surface area contributed by atoms with Crippen LogP contribution in [-0.4, -0.2) is 46.8 Å². The van der Waals surface area contributed by atoms with E-state index in [2.05, 4.69) is 35.3 Å². The Morgan fingerprint density at radius 2 is 1.53 bits per heavy atom. The number of aliphatic hydroxyl groups is 2. The highest BCUT2D eigenvalue weighted by atomic mass is 16.7. The number of aliphatic hydroxyl groups excluding tert-OH is 2. The van der Waals surface area contributed by atoms with Gasteiger partial charge < -0.3 is 25.0 Å². The molecule has 5 rings (SSSR count). The van der Waals surface area contributed by atoms with E-state index in [1.165, 1.54) is 6.92 Å². The molecule has 4 aromatic rings. The molecule has 0 aromatic heterocycles. The minimum Gasteiger partial charge on any atom is -0.392 e. The predicted molar refractivity (Wildman–Crippen MR) is 176 cm³/mol. The molecule has 0 radical (unpaired) electrons. The molecule has 1 saturated heterocycles. The molecule has 0 bridgehead atoms. The third-order valence-electron chi connectivity index (χ3n) is 8.92. The first-order valence-corrected chi connectivity index (χ1v) is 15.6. The molecule has 1 heterocycles. The van der Waals surface area contributed by atoms with E-state index in [1.54, 1.807) is 0 Å². The Morgan fingerprint density at radius 1 is 0.889 bits per heavy atom. The number of ether oxygens (including phenoxy) is 2. The lowest BCUT2D eigenvalue weighted by Gasteiger charge is -2.43. The fourth-order valence-corrected chi connectivity index (χ4v) is 5.94. The number of carbonyl (C=O) groups excluding carboxylic acids is 1. The van der Waals surface area contributed by atoms with Gasteiger partial charge >= 0.3 is 0 Å². The first kappa shape index (κ1) is 32.5. The molecule has 1 aliphatic heterocycles. The maximum Gasteiger partial charge on any atom is 0.217 e. The molecule has 6 atom stereocenters. The van der Waals surface area contributed by atoms with Crippen LogP contribution in [0.2, 0.25) is 0 Å². The highest BCUT2D eigenvalue weighted by Gasteiger charge is 2.39. The number of nitrogens with one attached hydrogen (secondary N) is 1. The Labute approximate surface area is 266 Å². The largest absolute Gasteiger partial charge is 0.392 e. The molecule has 1 aliphatic rings. The predicted octanol–water partition coefficient (Wildman–Crippen LogP) is 6.33. The molecule has 45 heavy (non-hydrogen) atoms. The monoisotopic (exact) mass is 608 g/mol. The van der Waals surface area contributed by atoms with Crippen molar-refractivity contribution in [2.75, 3.05) is 13.6 Å². The molecule has 0 aliphatic carbocycles. The number of rotatable bonds is 11. The van der Waals surface area contributed by atoms with E-state index in [0.717, 1.165) is 38.9 Å². The molecule has 0 spiro atoms. The van der Waals surface area contributed by atoms with Gasteiger partial charge in [-0.1, -0.05) is 110 Å². The molecular weight excluding hydrogens is 564 g/mol. The van der Waals surface area contributed by atoms with Crippen LogP contribution in [-0.2, 0) is 27.4 Å². The molecule has 3 N–H and O–H groups in total. The van der Waals surface area contributed by atoms with Crippen molar-refractivity contribution in [3.8, 4) is 11.1 Å². The Balaban J connectivity index is 1.39. The Morgan fingerprint density at radius 3 is 2.20 bits per heavy atom. The van der Waals surface area contributed by atoms with E-state index in [4.69, 9.17) is 9.47 Å². The summed E-state index contributed by atoms with van der Waals surface area (Å²) in [4.78, 5) is 13.7. The van der Waals surface area contributed by atoms with Gasteiger partial charge in [-0.25, -0.2) is 0 Å². The van der Waals surface area contributed by atoms with E-state index < -0.39 is 12.4 Å². The number of hydrogen-bond donors (Lipinski definition) is 3. The summed E-state index contributed by atoms with van der Waals surface area (Å²) in [6.45, 7) is 6.75. The highest BCUT2D eigenvalue weighted by molar-refractivity contribution is 5.74. The number of benzene rings is 4. The Bertz CT molecular complexity index is 1530. The van der Waals surface area contributed by atoms with Gasteiger partial charge in [-0.2, -0.15) is 0 Å². The normalized spacial score (nSPS) is 21.3. The SMILES string of the molecule is CC(=O)NCc1ccccc1-c1ccc(C2OC(CN(C)C(C)C(O)c3ccccc3)C(C)C(c3ccc(CO)cc3)O2)cc1. The van der Waals surface area contributed by atoms with Crippen molar-refractivity contribution in [1.82, 2.24) is 10.2 Å². The zero-order valence-corrected chi connectivity index (χ0v) is 26.5. The quantitative estimate of drug-likeness (QED) is 0.184. The van der Waals surface area contributed by atoms with Crippen molar-refractivity contribution in [1.29, 1.82) is 0 Å². The molecule has 6 unspecified atom stereocenters. The summed E-state index contributed by atoms with van der Waals surface area (Å²) >= 11 is 0. The van der Waals surface area contributed by atoms with Gasteiger partial charge in [-0.05, 0) is 47.4 Å². The second-order valence-corrected chi connectivity index (χ2v) is 12.0. The molecular formula is C38H44N2O5. The van der Waals surface area contributed by atoms with E-state index in [9.17, 15) is 15.0 Å². The number of hydrogen-bond acceptors (Lipinski definition) is 6. The van der Waals surface area contributed by atoms with Crippen LogP contribution in [0.4, 0.5) is 0 Å². The number of carbonyl (C=O) groups is 1. The number of likely N-dealkylation sites (N-methyl/N-ethyl adjacent to an activating group) is 1. The Hall–Kier alpha value is -3.85. The summed E-state index contributed by atoms with van der Waals surface area (Å²) in [6.07, 6.45) is -1.65. The van der Waals surface area contributed by atoms with Crippen LogP contribution >= 0.6 is 0 Å². The van der Waals surface area contributed by atoms with Crippen LogP contribution in [0.15, 0.2) is 103 Å². The van der Waals surface area contributed by atoms with Gasteiger partial charge in [-0.3, -0.25) is 9.69 Å². The topological polar surface area (TPSA) is 91.3 Å². The van der Waals surface area contributed by atoms with E-state index in [0.29, 0.717) is 13.1 Å². The van der Waals surface area contributed by atoms with Crippen molar-refractivity contribution >= 4 is 5.91 Å². The van der Waals surface area contributed by atoms with E-state index in [-0.39, 0.29) is 36.7 Å². The van der Waals surface area contributed by atoms with Gasteiger partial charge in [0.25, 0.3) is 0 Å². The number of amides is 1. The minimum atomic E-state index is -0.634. The molecule has 236 valence electrons. The Kier molecular flexibility index (Phi) is 10.8. The fraction of sp³-hybridized carbons (Fsp3) is 0.342. The van der Waals surface area contributed by atoms with E-state index >= 15 is 0 Å². The third kappa shape index (κ3) is 7.87. The van der Waals surface area contributed by atoms with Gasteiger partial charge in [0.15, 0.2) is 6.29 Å². The maximum atomic E-state index is 11.5. The lowest BCUT2D eigenvalue weighted by atomic mass is 9.89. The van der Waals surface area contributed by atoms with Crippen molar-refractivity contribution in [2.24, 2.45) is 5.92 Å². The summed E-state index contributed by atoms with van der Waals surface area (Å²) < 4.78 is 13.4. The maximum absolute atomic E-state index is 11.5. The van der Waals surface area contributed by atoms with Crippen LogP contribution in [0.3, 0.4) is 0 Å². The first-order chi connectivity index (χ1) is 21.7. The molecule has 1 fully saturated rings. The average molecular weight is 609 g/mol. The molecule has 1 amide bonds. The summed E-state index contributed by atoms with van der Waals surface area (Å²) in [6, 6.07) is 33.8. The van der Waals surface area contributed by atoms with Crippen molar-refractivity contribution in [3.63, 3.8) is 0 Å². The fourth-order valence-electron chi connectivity index (χ4n) is 5.94. The van der Waals surface area contributed by atoms with Gasteiger partial charge in [-0.15, -0.1) is 0 Å². The summed E-state index contributed by atoms with van der Waals surface area (Å²) in [5.74, 6) is -0.0460. The lowest BCUT2D eigenvalue weighted by molar-refractivity contribution is -0.276. The summed E-state index contributed by atoms with van der Waals surface area (Å²) in [7, 11) is 2.02. The molecule has 7 nitrogen and oxygen atoms in total. The summed E-state index contributed by atoms with van der Waals surface area (Å²) in [5, 5.41) is 23.6. The number of nitrogens with zero attached hydrogens (tertiary/aromatic N) is 1. The second-order valence-electron chi connectivity index (χ2n) is 12.0. The summed E-state index contributed by atoms with van der Waals surface area (Å²) in [5.41, 5.74) is 6.82. The molecule has 7 heteroatoms.